The second kappa shape index (κ2) is 4.42. The number of H-pyrrole nitrogens is 1. The summed E-state index contributed by atoms with van der Waals surface area (Å²) in [6, 6.07) is 6.04. The van der Waals surface area contributed by atoms with Crippen LogP contribution in [0.4, 0.5) is 0 Å². The molecule has 3 N–H and O–H groups in total. The molecule has 1 fully saturated rings. The molecule has 1 aromatic carbocycles. The highest BCUT2D eigenvalue weighted by atomic mass is 16.2. The molecule has 0 aliphatic carbocycles. The van der Waals surface area contributed by atoms with Gasteiger partial charge >= 0.3 is 0 Å². The van der Waals surface area contributed by atoms with Gasteiger partial charge in [-0.15, -0.1) is 0 Å². The standard InChI is InChI=1S/C13H16N4O/c14-5-10-4-13(18)17(7-10)6-9-1-2-11-12(3-9)16-8-15-11/h1-3,8,10H,4-7,14H2,(H,15,16). The molecular formula is C13H16N4O. The van der Waals surface area contributed by atoms with Crippen LogP contribution in [0.2, 0.25) is 0 Å². The first-order valence-electron chi connectivity index (χ1n) is 6.16. The summed E-state index contributed by atoms with van der Waals surface area (Å²) in [6.07, 6.45) is 2.27. The van der Waals surface area contributed by atoms with Crippen molar-refractivity contribution in [1.29, 1.82) is 0 Å². The van der Waals surface area contributed by atoms with E-state index in [1.165, 1.54) is 0 Å². The first-order valence-corrected chi connectivity index (χ1v) is 6.16. The van der Waals surface area contributed by atoms with Crippen LogP contribution in [0, 0.1) is 5.92 Å². The number of carbonyl (C=O) groups is 1. The maximum atomic E-state index is 11.8. The van der Waals surface area contributed by atoms with Crippen molar-refractivity contribution >= 4 is 16.9 Å². The summed E-state index contributed by atoms with van der Waals surface area (Å²) in [7, 11) is 0. The molecule has 0 radical (unpaired) electrons. The maximum Gasteiger partial charge on any atom is 0.223 e. The molecule has 1 aliphatic heterocycles. The van der Waals surface area contributed by atoms with E-state index in [-0.39, 0.29) is 5.91 Å². The van der Waals surface area contributed by atoms with Crippen LogP contribution in [-0.2, 0) is 11.3 Å². The van der Waals surface area contributed by atoms with Crippen LogP contribution in [0.15, 0.2) is 24.5 Å². The van der Waals surface area contributed by atoms with Crippen molar-refractivity contribution in [2.45, 2.75) is 13.0 Å². The largest absolute Gasteiger partial charge is 0.345 e. The zero-order valence-electron chi connectivity index (χ0n) is 10.1. The van der Waals surface area contributed by atoms with Crippen LogP contribution in [0.3, 0.4) is 0 Å². The number of likely N-dealkylation sites (tertiary alicyclic amines) is 1. The average molecular weight is 244 g/mol. The van der Waals surface area contributed by atoms with Crippen molar-refractivity contribution in [3.05, 3.63) is 30.1 Å². The van der Waals surface area contributed by atoms with Crippen molar-refractivity contribution in [3.63, 3.8) is 0 Å². The molecule has 94 valence electrons. The highest BCUT2D eigenvalue weighted by molar-refractivity contribution is 5.79. The topological polar surface area (TPSA) is 75.0 Å². The fourth-order valence-corrected chi connectivity index (χ4v) is 2.47. The van der Waals surface area contributed by atoms with E-state index in [1.807, 2.05) is 23.1 Å². The number of carbonyl (C=O) groups excluding carboxylic acids is 1. The Hall–Kier alpha value is -1.88. The third kappa shape index (κ3) is 1.97. The third-order valence-electron chi connectivity index (χ3n) is 3.49. The molecule has 0 bridgehead atoms. The minimum absolute atomic E-state index is 0.204. The lowest BCUT2D eigenvalue weighted by Crippen LogP contribution is -2.25. The Morgan fingerprint density at radius 3 is 3.17 bits per heavy atom. The number of nitrogens with one attached hydrogen (secondary N) is 1. The molecule has 2 heterocycles. The Labute approximate surface area is 105 Å². The van der Waals surface area contributed by atoms with E-state index in [1.54, 1.807) is 6.33 Å². The number of nitrogens with zero attached hydrogens (tertiary/aromatic N) is 2. The smallest absolute Gasteiger partial charge is 0.223 e. The molecule has 1 aromatic heterocycles. The van der Waals surface area contributed by atoms with Gasteiger partial charge < -0.3 is 15.6 Å². The van der Waals surface area contributed by atoms with Crippen LogP contribution in [-0.4, -0.2) is 33.9 Å². The molecule has 18 heavy (non-hydrogen) atoms. The van der Waals surface area contributed by atoms with E-state index in [9.17, 15) is 4.79 Å². The van der Waals surface area contributed by atoms with Crippen LogP contribution in [0.25, 0.3) is 11.0 Å². The zero-order chi connectivity index (χ0) is 12.5. The van der Waals surface area contributed by atoms with Crippen molar-refractivity contribution < 1.29 is 4.79 Å². The number of nitrogens with two attached hydrogens (primary N) is 1. The number of benzene rings is 1. The number of aromatic nitrogens is 2. The van der Waals surface area contributed by atoms with E-state index in [4.69, 9.17) is 5.73 Å². The Bertz CT molecular complexity index is 577. The van der Waals surface area contributed by atoms with Gasteiger partial charge in [-0.05, 0) is 30.2 Å². The van der Waals surface area contributed by atoms with Gasteiger partial charge in [0.05, 0.1) is 17.4 Å². The summed E-state index contributed by atoms with van der Waals surface area (Å²) in [5.41, 5.74) is 8.70. The summed E-state index contributed by atoms with van der Waals surface area (Å²) in [5, 5.41) is 0. The molecule has 1 unspecified atom stereocenters. The predicted molar refractivity (Wildman–Crippen MR) is 68.7 cm³/mol. The number of imidazole rings is 1. The molecule has 1 saturated heterocycles. The summed E-state index contributed by atoms with van der Waals surface area (Å²) in [6.45, 7) is 2.02. The van der Waals surface area contributed by atoms with Crippen LogP contribution < -0.4 is 5.73 Å². The van der Waals surface area contributed by atoms with E-state index in [2.05, 4.69) is 9.97 Å². The summed E-state index contributed by atoms with van der Waals surface area (Å²) in [4.78, 5) is 21.0. The number of hydrogen-bond donors (Lipinski definition) is 2. The van der Waals surface area contributed by atoms with Gasteiger partial charge in [0.2, 0.25) is 5.91 Å². The van der Waals surface area contributed by atoms with Gasteiger partial charge in [-0.3, -0.25) is 4.79 Å². The fourth-order valence-electron chi connectivity index (χ4n) is 2.47. The Morgan fingerprint density at radius 1 is 1.50 bits per heavy atom. The SMILES string of the molecule is NCC1CC(=O)N(Cc2ccc3nc[nH]c3c2)C1. The number of amides is 1. The molecule has 0 spiro atoms. The lowest BCUT2D eigenvalue weighted by atomic mass is 10.1. The van der Waals surface area contributed by atoms with Crippen molar-refractivity contribution in [2.24, 2.45) is 11.7 Å². The molecule has 2 aromatic rings. The van der Waals surface area contributed by atoms with E-state index in [0.29, 0.717) is 25.4 Å². The van der Waals surface area contributed by atoms with Crippen LogP contribution in [0.5, 0.6) is 0 Å². The Morgan fingerprint density at radius 2 is 2.39 bits per heavy atom. The van der Waals surface area contributed by atoms with Crippen molar-refractivity contribution in [3.8, 4) is 0 Å². The number of aromatic amines is 1. The first kappa shape index (κ1) is 11.2. The van der Waals surface area contributed by atoms with E-state index >= 15 is 0 Å². The van der Waals surface area contributed by atoms with Gasteiger partial charge in [0.1, 0.15) is 0 Å². The number of fused-ring (bicyclic) bond motifs is 1. The summed E-state index contributed by atoms with van der Waals surface area (Å²) < 4.78 is 0. The van der Waals surface area contributed by atoms with Gasteiger partial charge in [0.25, 0.3) is 0 Å². The lowest BCUT2D eigenvalue weighted by molar-refractivity contribution is -0.128. The summed E-state index contributed by atoms with van der Waals surface area (Å²) in [5.74, 6) is 0.517. The molecule has 1 aliphatic rings. The molecule has 5 nitrogen and oxygen atoms in total. The van der Waals surface area contributed by atoms with Crippen molar-refractivity contribution in [1.82, 2.24) is 14.9 Å². The van der Waals surface area contributed by atoms with Crippen LogP contribution in [0.1, 0.15) is 12.0 Å². The molecular weight excluding hydrogens is 228 g/mol. The molecule has 3 rings (SSSR count). The zero-order valence-corrected chi connectivity index (χ0v) is 10.1. The molecule has 1 atom stereocenters. The Balaban J connectivity index is 1.77. The molecule has 5 heteroatoms. The third-order valence-corrected chi connectivity index (χ3v) is 3.49. The molecule has 0 saturated carbocycles. The van der Waals surface area contributed by atoms with E-state index < -0.39 is 0 Å². The normalized spacial score (nSPS) is 19.9. The van der Waals surface area contributed by atoms with Gasteiger partial charge in [0.15, 0.2) is 0 Å². The monoisotopic (exact) mass is 244 g/mol. The maximum absolute atomic E-state index is 11.8. The van der Waals surface area contributed by atoms with Gasteiger partial charge in [0, 0.05) is 19.5 Å². The first-order chi connectivity index (χ1) is 8.76. The minimum atomic E-state index is 0.204. The minimum Gasteiger partial charge on any atom is -0.345 e. The molecule has 1 amide bonds. The van der Waals surface area contributed by atoms with E-state index in [0.717, 1.165) is 23.1 Å². The van der Waals surface area contributed by atoms with Gasteiger partial charge in [-0.25, -0.2) is 4.98 Å². The fraction of sp³-hybridized carbons (Fsp3) is 0.385. The van der Waals surface area contributed by atoms with Gasteiger partial charge in [-0.1, -0.05) is 6.07 Å². The van der Waals surface area contributed by atoms with Crippen LogP contribution >= 0.6 is 0 Å². The van der Waals surface area contributed by atoms with Gasteiger partial charge in [-0.2, -0.15) is 0 Å². The number of rotatable bonds is 3. The number of hydrogen-bond acceptors (Lipinski definition) is 3. The summed E-state index contributed by atoms with van der Waals surface area (Å²) >= 11 is 0. The quantitative estimate of drug-likeness (QED) is 0.841. The highest BCUT2D eigenvalue weighted by Crippen LogP contribution is 2.20. The van der Waals surface area contributed by atoms with Crippen molar-refractivity contribution in [2.75, 3.05) is 13.1 Å². The predicted octanol–water partition coefficient (Wildman–Crippen LogP) is 0.870. The second-order valence-electron chi connectivity index (χ2n) is 4.83. The average Bonchev–Trinajstić information content (AvgIpc) is 2.96. The second-order valence-corrected chi connectivity index (χ2v) is 4.83. The highest BCUT2D eigenvalue weighted by Gasteiger charge is 2.28. The lowest BCUT2D eigenvalue weighted by Gasteiger charge is -2.16. The Kier molecular flexibility index (Phi) is 2.76.